The third-order valence-electron chi connectivity index (χ3n) is 3.43. The molecule has 0 aliphatic carbocycles. The van der Waals surface area contributed by atoms with Crippen molar-refractivity contribution < 1.29 is 9.53 Å². The number of carbonyl (C=O) groups excluding carboxylic acids is 1. The molecular formula is C19H20ClN3O2S. The van der Waals surface area contributed by atoms with Crippen LogP contribution in [0.4, 0.5) is 5.69 Å². The minimum Gasteiger partial charge on any atom is -0.491 e. The van der Waals surface area contributed by atoms with Gasteiger partial charge in [-0.25, -0.2) is 0 Å². The quantitative estimate of drug-likeness (QED) is 0.659. The number of thioether (sulfide) groups is 1. The number of benzene rings is 2. The predicted molar refractivity (Wildman–Crippen MR) is 106 cm³/mol. The first-order valence-electron chi connectivity index (χ1n) is 8.04. The van der Waals surface area contributed by atoms with Gasteiger partial charge in [-0.15, -0.1) is 11.8 Å². The number of nitrogens with one attached hydrogen (secondary N) is 1. The molecule has 0 radical (unpaired) electrons. The summed E-state index contributed by atoms with van der Waals surface area (Å²) < 4.78 is 5.63. The average molecular weight is 390 g/mol. The summed E-state index contributed by atoms with van der Waals surface area (Å²) in [5.41, 5.74) is 0.721. The van der Waals surface area contributed by atoms with E-state index in [2.05, 4.69) is 11.4 Å². The smallest absolute Gasteiger partial charge is 0.238 e. The average Bonchev–Trinajstić information content (AvgIpc) is 2.62. The lowest BCUT2D eigenvalue weighted by molar-refractivity contribution is -0.117. The molecule has 0 bridgehead atoms. The highest BCUT2D eigenvalue weighted by molar-refractivity contribution is 7.99. The van der Waals surface area contributed by atoms with Crippen molar-refractivity contribution in [3.8, 4) is 11.8 Å². The largest absolute Gasteiger partial charge is 0.491 e. The number of para-hydroxylation sites is 2. The Morgan fingerprint density at radius 3 is 2.77 bits per heavy atom. The van der Waals surface area contributed by atoms with E-state index in [0.29, 0.717) is 29.7 Å². The molecule has 0 unspecified atom stereocenters. The van der Waals surface area contributed by atoms with E-state index in [1.54, 1.807) is 6.07 Å². The minimum atomic E-state index is -0.116. The number of ether oxygens (including phenoxy) is 1. The number of halogens is 1. The molecule has 1 amide bonds. The number of nitrogens with zero attached hydrogens (tertiary/aromatic N) is 2. The van der Waals surface area contributed by atoms with Gasteiger partial charge < -0.3 is 10.1 Å². The fourth-order valence-electron chi connectivity index (χ4n) is 2.19. The van der Waals surface area contributed by atoms with E-state index in [1.165, 1.54) is 11.8 Å². The van der Waals surface area contributed by atoms with Crippen LogP contribution in [0, 0.1) is 11.3 Å². The second-order valence-corrected chi connectivity index (χ2v) is 6.93. The summed E-state index contributed by atoms with van der Waals surface area (Å²) in [6.45, 7) is 1.26. The molecule has 0 heterocycles. The van der Waals surface area contributed by atoms with Crippen molar-refractivity contribution in [3.63, 3.8) is 0 Å². The SMILES string of the molecule is CN(CCOc1ccccc1Cl)CC(=O)Nc1ccccc1SCC#N. The molecule has 0 atom stereocenters. The van der Waals surface area contributed by atoms with E-state index in [0.717, 1.165) is 10.6 Å². The Morgan fingerprint density at radius 1 is 1.27 bits per heavy atom. The number of hydrogen-bond acceptors (Lipinski definition) is 5. The van der Waals surface area contributed by atoms with Crippen LogP contribution in [-0.2, 0) is 4.79 Å². The molecule has 0 saturated carbocycles. The lowest BCUT2D eigenvalue weighted by Gasteiger charge is -2.17. The van der Waals surface area contributed by atoms with Crippen LogP contribution in [0.1, 0.15) is 0 Å². The highest BCUT2D eigenvalue weighted by Gasteiger charge is 2.10. The van der Waals surface area contributed by atoms with E-state index in [-0.39, 0.29) is 12.5 Å². The molecule has 1 N–H and O–H groups in total. The molecule has 5 nitrogen and oxygen atoms in total. The standard InChI is InChI=1S/C19H20ClN3O2S/c1-23(11-12-25-17-8-4-2-6-15(17)20)14-19(24)22-16-7-3-5-9-18(16)26-13-10-21/h2-9H,11-14H2,1H3,(H,22,24). The van der Waals surface area contributed by atoms with E-state index >= 15 is 0 Å². The predicted octanol–water partition coefficient (Wildman–Crippen LogP) is 3.90. The lowest BCUT2D eigenvalue weighted by atomic mass is 10.3. The second kappa shape index (κ2) is 10.7. The number of amides is 1. The van der Waals surface area contributed by atoms with Crippen LogP contribution in [0.3, 0.4) is 0 Å². The van der Waals surface area contributed by atoms with Crippen LogP contribution in [0.15, 0.2) is 53.4 Å². The number of hydrogen-bond donors (Lipinski definition) is 1. The Balaban J connectivity index is 1.79. The van der Waals surface area contributed by atoms with Gasteiger partial charge in [0.2, 0.25) is 5.91 Å². The molecule has 7 heteroatoms. The summed E-state index contributed by atoms with van der Waals surface area (Å²) in [5.74, 6) is 0.859. The Hall–Kier alpha value is -2.20. The van der Waals surface area contributed by atoms with Crippen molar-refractivity contribution in [3.05, 3.63) is 53.6 Å². The molecule has 2 aromatic rings. The van der Waals surface area contributed by atoms with E-state index in [4.69, 9.17) is 21.6 Å². The molecule has 0 aromatic heterocycles. The number of nitriles is 1. The summed E-state index contributed by atoms with van der Waals surface area (Å²) in [4.78, 5) is 15.0. The maximum absolute atomic E-state index is 12.2. The minimum absolute atomic E-state index is 0.116. The van der Waals surface area contributed by atoms with Crippen LogP contribution in [0.5, 0.6) is 5.75 Å². The van der Waals surface area contributed by atoms with Crippen molar-refractivity contribution in [1.82, 2.24) is 4.90 Å². The van der Waals surface area contributed by atoms with Crippen molar-refractivity contribution in [1.29, 1.82) is 5.26 Å². The number of likely N-dealkylation sites (N-methyl/N-ethyl adjacent to an activating group) is 1. The molecule has 0 fully saturated rings. The first-order valence-corrected chi connectivity index (χ1v) is 9.41. The van der Waals surface area contributed by atoms with Gasteiger partial charge in [-0.05, 0) is 31.3 Å². The van der Waals surface area contributed by atoms with E-state index in [9.17, 15) is 4.79 Å². The number of carbonyl (C=O) groups is 1. The van der Waals surface area contributed by atoms with Crippen LogP contribution in [0.25, 0.3) is 0 Å². The Bertz CT molecular complexity index is 779. The lowest BCUT2D eigenvalue weighted by Crippen LogP contribution is -2.33. The van der Waals surface area contributed by atoms with Gasteiger partial charge in [0.25, 0.3) is 0 Å². The first kappa shape index (κ1) is 20.1. The Kier molecular flexibility index (Phi) is 8.29. The van der Waals surface area contributed by atoms with E-state index in [1.807, 2.05) is 54.4 Å². The topological polar surface area (TPSA) is 65.4 Å². The van der Waals surface area contributed by atoms with Crippen LogP contribution < -0.4 is 10.1 Å². The third kappa shape index (κ3) is 6.60. The van der Waals surface area contributed by atoms with Crippen molar-refractivity contribution >= 4 is 35.0 Å². The zero-order valence-corrected chi connectivity index (χ0v) is 16.0. The molecule has 0 spiro atoms. The molecule has 0 aliphatic rings. The van der Waals surface area contributed by atoms with Crippen molar-refractivity contribution in [2.45, 2.75) is 4.90 Å². The van der Waals surface area contributed by atoms with Crippen LogP contribution in [0.2, 0.25) is 5.02 Å². The zero-order chi connectivity index (χ0) is 18.8. The van der Waals surface area contributed by atoms with Gasteiger partial charge in [0.15, 0.2) is 0 Å². The molecule has 136 valence electrons. The molecule has 0 saturated heterocycles. The fourth-order valence-corrected chi connectivity index (χ4v) is 3.05. The normalized spacial score (nSPS) is 10.4. The van der Waals surface area contributed by atoms with Gasteiger partial charge >= 0.3 is 0 Å². The Labute approximate surface area is 162 Å². The van der Waals surface area contributed by atoms with Gasteiger partial charge in [0.05, 0.1) is 29.1 Å². The zero-order valence-electron chi connectivity index (χ0n) is 14.4. The molecule has 2 rings (SSSR count). The maximum atomic E-state index is 12.2. The Morgan fingerprint density at radius 2 is 2.00 bits per heavy atom. The summed E-state index contributed by atoms with van der Waals surface area (Å²) in [6.07, 6.45) is 0. The molecule has 0 aliphatic heterocycles. The summed E-state index contributed by atoms with van der Waals surface area (Å²) in [7, 11) is 1.85. The summed E-state index contributed by atoms with van der Waals surface area (Å²) >= 11 is 7.44. The fraction of sp³-hybridized carbons (Fsp3) is 0.263. The highest BCUT2D eigenvalue weighted by Crippen LogP contribution is 2.26. The van der Waals surface area contributed by atoms with Crippen molar-refractivity contribution in [2.75, 3.05) is 37.8 Å². The molecular weight excluding hydrogens is 370 g/mol. The second-order valence-electron chi connectivity index (χ2n) is 5.51. The number of rotatable bonds is 9. The van der Waals surface area contributed by atoms with Crippen LogP contribution in [-0.4, -0.2) is 43.3 Å². The summed E-state index contributed by atoms with van der Waals surface area (Å²) in [6, 6.07) is 16.8. The van der Waals surface area contributed by atoms with Gasteiger partial charge in [0.1, 0.15) is 12.4 Å². The van der Waals surface area contributed by atoms with Gasteiger partial charge in [-0.3, -0.25) is 9.69 Å². The highest BCUT2D eigenvalue weighted by atomic mass is 35.5. The van der Waals surface area contributed by atoms with Gasteiger partial charge in [0, 0.05) is 11.4 Å². The maximum Gasteiger partial charge on any atom is 0.238 e. The van der Waals surface area contributed by atoms with Gasteiger partial charge in [-0.2, -0.15) is 5.26 Å². The molecule has 26 heavy (non-hydrogen) atoms. The van der Waals surface area contributed by atoms with Gasteiger partial charge in [-0.1, -0.05) is 35.9 Å². The summed E-state index contributed by atoms with van der Waals surface area (Å²) in [5, 5.41) is 12.2. The number of anilines is 1. The van der Waals surface area contributed by atoms with E-state index < -0.39 is 0 Å². The molecule has 2 aromatic carbocycles. The van der Waals surface area contributed by atoms with Crippen LogP contribution >= 0.6 is 23.4 Å². The first-order chi connectivity index (χ1) is 12.6. The van der Waals surface area contributed by atoms with Crippen molar-refractivity contribution in [2.24, 2.45) is 0 Å². The third-order valence-corrected chi connectivity index (χ3v) is 4.69. The monoisotopic (exact) mass is 389 g/mol.